The topological polar surface area (TPSA) is 65.1 Å². The van der Waals surface area contributed by atoms with Crippen LogP contribution in [0.5, 0.6) is 0 Å². The van der Waals surface area contributed by atoms with Crippen molar-refractivity contribution < 1.29 is 9.90 Å². The number of amides is 1. The molecular weight excluding hydrogens is 240 g/mol. The van der Waals surface area contributed by atoms with E-state index in [1.165, 1.54) is 0 Å². The van der Waals surface area contributed by atoms with Gasteiger partial charge in [-0.15, -0.1) is 0 Å². The lowest BCUT2D eigenvalue weighted by Gasteiger charge is -2.29. The van der Waals surface area contributed by atoms with Gasteiger partial charge < -0.3 is 15.4 Å². The molecule has 0 radical (unpaired) electrons. The second-order valence-electron chi connectivity index (χ2n) is 5.09. The Morgan fingerprint density at radius 3 is 2.89 bits per heavy atom. The molecule has 0 aliphatic rings. The molecule has 19 heavy (non-hydrogen) atoms. The Bertz CT molecular complexity index is 576. The average molecular weight is 260 g/mol. The van der Waals surface area contributed by atoms with Gasteiger partial charge in [-0.1, -0.05) is 19.1 Å². The highest BCUT2D eigenvalue weighted by Crippen LogP contribution is 2.19. The average Bonchev–Trinajstić information content (AvgIpc) is 2.86. The summed E-state index contributed by atoms with van der Waals surface area (Å²) in [5.41, 5.74) is 1.11. The largest absolute Gasteiger partial charge is 0.396 e. The quantitative estimate of drug-likeness (QED) is 0.773. The molecule has 0 spiro atoms. The summed E-state index contributed by atoms with van der Waals surface area (Å²) >= 11 is 0. The molecule has 0 saturated heterocycles. The normalized spacial score (nSPS) is 14.3. The molecule has 1 aromatic heterocycles. The SMILES string of the molecule is CCC(C)(CCO)NC(=O)c1cccc2cc[nH]c12. The lowest BCUT2D eigenvalue weighted by Crippen LogP contribution is -2.46. The zero-order chi connectivity index (χ0) is 13.9. The summed E-state index contributed by atoms with van der Waals surface area (Å²) in [7, 11) is 0. The second kappa shape index (κ2) is 5.45. The molecule has 0 saturated carbocycles. The number of benzene rings is 1. The lowest BCUT2D eigenvalue weighted by atomic mass is 9.94. The molecule has 4 heteroatoms. The minimum atomic E-state index is -0.374. The summed E-state index contributed by atoms with van der Waals surface area (Å²) in [4.78, 5) is 15.5. The van der Waals surface area contributed by atoms with Crippen molar-refractivity contribution in [3.63, 3.8) is 0 Å². The zero-order valence-electron chi connectivity index (χ0n) is 11.4. The van der Waals surface area contributed by atoms with Crippen molar-refractivity contribution in [1.82, 2.24) is 10.3 Å². The predicted octanol–water partition coefficient (Wildman–Crippen LogP) is 2.45. The van der Waals surface area contributed by atoms with Crippen LogP contribution in [0.25, 0.3) is 10.9 Å². The molecule has 0 aliphatic heterocycles. The minimum Gasteiger partial charge on any atom is -0.396 e. The van der Waals surface area contributed by atoms with E-state index in [1.807, 2.05) is 44.3 Å². The standard InChI is InChI=1S/C15H20N2O2/c1-3-15(2,8-10-18)17-14(19)12-6-4-5-11-7-9-16-13(11)12/h4-7,9,16,18H,3,8,10H2,1-2H3,(H,17,19). The van der Waals surface area contributed by atoms with Crippen molar-refractivity contribution in [1.29, 1.82) is 0 Å². The Labute approximate surface area is 112 Å². The number of rotatable bonds is 5. The summed E-state index contributed by atoms with van der Waals surface area (Å²) in [6.07, 6.45) is 3.16. The maximum atomic E-state index is 12.4. The molecule has 1 aromatic carbocycles. The van der Waals surface area contributed by atoms with Crippen molar-refractivity contribution in [2.45, 2.75) is 32.2 Å². The minimum absolute atomic E-state index is 0.0668. The highest BCUT2D eigenvalue weighted by molar-refractivity contribution is 6.05. The van der Waals surface area contributed by atoms with Crippen LogP contribution in [0, 0.1) is 0 Å². The number of carbonyl (C=O) groups is 1. The van der Waals surface area contributed by atoms with E-state index in [1.54, 1.807) is 0 Å². The number of aromatic amines is 1. The molecule has 2 rings (SSSR count). The third-order valence-electron chi connectivity index (χ3n) is 3.69. The van der Waals surface area contributed by atoms with Gasteiger partial charge in [0, 0.05) is 23.7 Å². The number of H-pyrrole nitrogens is 1. The van der Waals surface area contributed by atoms with Crippen LogP contribution >= 0.6 is 0 Å². The van der Waals surface area contributed by atoms with E-state index in [0.29, 0.717) is 12.0 Å². The van der Waals surface area contributed by atoms with E-state index in [4.69, 9.17) is 5.11 Å². The van der Waals surface area contributed by atoms with E-state index in [9.17, 15) is 4.79 Å². The smallest absolute Gasteiger partial charge is 0.253 e. The molecule has 102 valence electrons. The van der Waals surface area contributed by atoms with Gasteiger partial charge in [-0.25, -0.2) is 0 Å². The molecular formula is C15H20N2O2. The van der Waals surface area contributed by atoms with Gasteiger partial charge in [0.2, 0.25) is 0 Å². The number of fused-ring (bicyclic) bond motifs is 1. The van der Waals surface area contributed by atoms with Gasteiger partial charge in [0.15, 0.2) is 0 Å². The van der Waals surface area contributed by atoms with E-state index in [0.717, 1.165) is 17.3 Å². The van der Waals surface area contributed by atoms with Crippen LogP contribution in [-0.4, -0.2) is 28.1 Å². The van der Waals surface area contributed by atoms with Crippen LogP contribution in [0.2, 0.25) is 0 Å². The summed E-state index contributed by atoms with van der Waals surface area (Å²) in [6.45, 7) is 4.03. The van der Waals surface area contributed by atoms with Gasteiger partial charge in [0.25, 0.3) is 5.91 Å². The summed E-state index contributed by atoms with van der Waals surface area (Å²) in [5.74, 6) is -0.106. The van der Waals surface area contributed by atoms with Crippen LogP contribution in [0.15, 0.2) is 30.5 Å². The first-order chi connectivity index (χ1) is 9.09. The van der Waals surface area contributed by atoms with E-state index >= 15 is 0 Å². The van der Waals surface area contributed by atoms with Crippen molar-refractivity contribution in [3.05, 3.63) is 36.0 Å². The molecule has 1 heterocycles. The Kier molecular flexibility index (Phi) is 3.90. The van der Waals surface area contributed by atoms with E-state index < -0.39 is 0 Å². The molecule has 2 aromatic rings. The molecule has 1 amide bonds. The maximum Gasteiger partial charge on any atom is 0.253 e. The fraction of sp³-hybridized carbons (Fsp3) is 0.400. The Morgan fingerprint density at radius 2 is 2.21 bits per heavy atom. The first kappa shape index (κ1) is 13.6. The van der Waals surface area contributed by atoms with Gasteiger partial charge in [-0.05, 0) is 31.9 Å². The van der Waals surface area contributed by atoms with Crippen LogP contribution in [0.1, 0.15) is 37.0 Å². The summed E-state index contributed by atoms with van der Waals surface area (Å²) in [6, 6.07) is 7.60. The number of carbonyl (C=O) groups excluding carboxylic acids is 1. The molecule has 4 nitrogen and oxygen atoms in total. The molecule has 1 atom stereocenters. The lowest BCUT2D eigenvalue weighted by molar-refractivity contribution is 0.0887. The number of aliphatic hydroxyl groups is 1. The Balaban J connectivity index is 2.27. The number of nitrogens with one attached hydrogen (secondary N) is 2. The first-order valence-corrected chi connectivity index (χ1v) is 6.59. The Morgan fingerprint density at radius 1 is 1.42 bits per heavy atom. The fourth-order valence-corrected chi connectivity index (χ4v) is 2.19. The van der Waals surface area contributed by atoms with Gasteiger partial charge in [0.05, 0.1) is 11.1 Å². The molecule has 0 aliphatic carbocycles. The number of aliphatic hydroxyl groups excluding tert-OH is 1. The van der Waals surface area contributed by atoms with Crippen molar-refractivity contribution in [2.24, 2.45) is 0 Å². The molecule has 3 N–H and O–H groups in total. The van der Waals surface area contributed by atoms with Gasteiger partial charge in [-0.3, -0.25) is 4.79 Å². The monoisotopic (exact) mass is 260 g/mol. The molecule has 1 unspecified atom stereocenters. The second-order valence-corrected chi connectivity index (χ2v) is 5.09. The van der Waals surface area contributed by atoms with Crippen LogP contribution in [0.4, 0.5) is 0 Å². The number of hydrogen-bond acceptors (Lipinski definition) is 2. The van der Waals surface area contributed by atoms with E-state index in [-0.39, 0.29) is 18.1 Å². The van der Waals surface area contributed by atoms with Crippen LogP contribution < -0.4 is 5.32 Å². The number of para-hydroxylation sites is 1. The summed E-state index contributed by atoms with van der Waals surface area (Å²) < 4.78 is 0. The molecule has 0 fully saturated rings. The van der Waals surface area contributed by atoms with Crippen molar-refractivity contribution in [3.8, 4) is 0 Å². The summed E-state index contributed by atoms with van der Waals surface area (Å²) in [5, 5.41) is 13.1. The highest BCUT2D eigenvalue weighted by atomic mass is 16.3. The van der Waals surface area contributed by atoms with Crippen molar-refractivity contribution >= 4 is 16.8 Å². The maximum absolute atomic E-state index is 12.4. The number of aromatic nitrogens is 1. The Hall–Kier alpha value is -1.81. The highest BCUT2D eigenvalue weighted by Gasteiger charge is 2.25. The van der Waals surface area contributed by atoms with Gasteiger partial charge in [0.1, 0.15) is 0 Å². The zero-order valence-corrected chi connectivity index (χ0v) is 11.4. The third-order valence-corrected chi connectivity index (χ3v) is 3.69. The third kappa shape index (κ3) is 2.79. The van der Waals surface area contributed by atoms with Gasteiger partial charge >= 0.3 is 0 Å². The van der Waals surface area contributed by atoms with Gasteiger partial charge in [-0.2, -0.15) is 0 Å². The molecule has 0 bridgehead atoms. The van der Waals surface area contributed by atoms with E-state index in [2.05, 4.69) is 10.3 Å². The van der Waals surface area contributed by atoms with Crippen molar-refractivity contribution in [2.75, 3.05) is 6.61 Å². The number of hydrogen-bond donors (Lipinski definition) is 3. The first-order valence-electron chi connectivity index (χ1n) is 6.59. The van der Waals surface area contributed by atoms with Crippen LogP contribution in [-0.2, 0) is 0 Å². The fourth-order valence-electron chi connectivity index (χ4n) is 2.19. The predicted molar refractivity (Wildman–Crippen MR) is 76.2 cm³/mol. The van der Waals surface area contributed by atoms with Crippen LogP contribution in [0.3, 0.4) is 0 Å².